The molecule has 4 nitrogen and oxygen atoms in total. The lowest BCUT2D eigenvalue weighted by atomic mass is 10.2. The minimum Gasteiger partial charge on any atom is -0.381 e. The molecule has 3 N–H and O–H groups in total. The van der Waals surface area contributed by atoms with Crippen LogP contribution >= 0.6 is 0 Å². The highest BCUT2D eigenvalue weighted by Gasteiger charge is 2.17. The fourth-order valence-corrected chi connectivity index (χ4v) is 1.46. The maximum atomic E-state index is 13.5. The third-order valence-electron chi connectivity index (χ3n) is 2.40. The second kappa shape index (κ2) is 5.16. The molecule has 1 amide bonds. The number of hydrogen-bond donors (Lipinski definition) is 2. The van der Waals surface area contributed by atoms with Crippen molar-refractivity contribution >= 4 is 17.4 Å². The number of aromatic nitrogens is 1. The first-order valence-electron chi connectivity index (χ1n) is 5.26. The molecule has 8 heteroatoms. The van der Waals surface area contributed by atoms with Gasteiger partial charge >= 0.3 is 0 Å². The summed E-state index contributed by atoms with van der Waals surface area (Å²) in [4.78, 5) is 15.1. The van der Waals surface area contributed by atoms with E-state index in [1.165, 1.54) is 0 Å². The zero-order chi connectivity index (χ0) is 14.9. The number of nitrogen functional groups attached to an aromatic ring is 1. The Morgan fingerprint density at radius 1 is 1.10 bits per heavy atom. The number of nitrogens with two attached hydrogens (primary N) is 1. The molecular formula is C12H7F4N3O. The number of hydrogen-bond acceptors (Lipinski definition) is 3. The second-order valence-electron chi connectivity index (χ2n) is 3.77. The van der Waals surface area contributed by atoms with Crippen molar-refractivity contribution in [2.45, 2.75) is 0 Å². The van der Waals surface area contributed by atoms with Gasteiger partial charge in [-0.15, -0.1) is 0 Å². The highest BCUT2D eigenvalue weighted by atomic mass is 19.2. The summed E-state index contributed by atoms with van der Waals surface area (Å²) in [6.45, 7) is 0. The molecule has 1 aromatic carbocycles. The van der Waals surface area contributed by atoms with Crippen molar-refractivity contribution in [3.63, 3.8) is 0 Å². The smallest absolute Gasteiger partial charge is 0.258 e. The number of benzene rings is 1. The number of carbonyl (C=O) groups excluding carboxylic acids is 1. The molecule has 0 aliphatic heterocycles. The van der Waals surface area contributed by atoms with Crippen molar-refractivity contribution in [3.05, 3.63) is 53.2 Å². The summed E-state index contributed by atoms with van der Waals surface area (Å²) < 4.78 is 52.2. The lowest BCUT2D eigenvalue weighted by Crippen LogP contribution is -2.15. The van der Waals surface area contributed by atoms with Crippen molar-refractivity contribution in [3.8, 4) is 0 Å². The van der Waals surface area contributed by atoms with E-state index in [1.807, 2.05) is 5.32 Å². The molecule has 0 unspecified atom stereocenters. The predicted octanol–water partition coefficient (Wildman–Crippen LogP) is 2.47. The van der Waals surface area contributed by atoms with E-state index in [4.69, 9.17) is 5.73 Å². The summed E-state index contributed by atoms with van der Waals surface area (Å²) in [5.74, 6) is -7.17. The monoisotopic (exact) mass is 285 g/mol. The summed E-state index contributed by atoms with van der Waals surface area (Å²) in [6, 6.07) is 2.18. The third-order valence-corrected chi connectivity index (χ3v) is 2.40. The van der Waals surface area contributed by atoms with E-state index >= 15 is 0 Å². The fourth-order valence-electron chi connectivity index (χ4n) is 1.46. The Hall–Kier alpha value is -2.64. The Bertz CT molecular complexity index is 667. The Morgan fingerprint density at radius 3 is 2.30 bits per heavy atom. The zero-order valence-electron chi connectivity index (χ0n) is 9.75. The molecule has 0 radical (unpaired) electrons. The van der Waals surface area contributed by atoms with Crippen LogP contribution in [0.1, 0.15) is 10.4 Å². The Morgan fingerprint density at radius 2 is 1.70 bits per heavy atom. The van der Waals surface area contributed by atoms with E-state index in [9.17, 15) is 22.4 Å². The predicted molar refractivity (Wildman–Crippen MR) is 62.9 cm³/mol. The van der Waals surface area contributed by atoms with Crippen molar-refractivity contribution < 1.29 is 22.4 Å². The van der Waals surface area contributed by atoms with Crippen LogP contribution in [0.25, 0.3) is 0 Å². The summed E-state index contributed by atoms with van der Waals surface area (Å²) >= 11 is 0. The summed E-state index contributed by atoms with van der Waals surface area (Å²) in [5.41, 5.74) is 4.37. The molecule has 20 heavy (non-hydrogen) atoms. The number of anilines is 2. The molecule has 0 bridgehead atoms. The van der Waals surface area contributed by atoms with Crippen molar-refractivity contribution in [2.75, 3.05) is 11.1 Å². The van der Waals surface area contributed by atoms with Crippen LogP contribution in [0.4, 0.5) is 29.1 Å². The topological polar surface area (TPSA) is 68.0 Å². The van der Waals surface area contributed by atoms with Crippen LogP contribution in [0.15, 0.2) is 24.4 Å². The first-order chi connectivity index (χ1) is 9.40. The molecule has 0 atom stereocenters. The van der Waals surface area contributed by atoms with Gasteiger partial charge in [-0.1, -0.05) is 0 Å². The number of amides is 1. The quantitative estimate of drug-likeness (QED) is 0.658. The normalized spacial score (nSPS) is 10.4. The number of carbonyl (C=O) groups is 1. The van der Waals surface area contributed by atoms with Gasteiger partial charge < -0.3 is 11.1 Å². The number of halogens is 4. The minimum absolute atomic E-state index is 0.360. The standard InChI is InChI=1S/C12H7F4N3O/c13-7-3-5(4-8(14)10(7)16)19-12(20)6-1-2-18-11(17)9(6)15/h1-4H,(H2,17,18)(H,19,20). The van der Waals surface area contributed by atoms with Gasteiger partial charge in [-0.05, 0) is 6.07 Å². The van der Waals surface area contributed by atoms with Crippen LogP contribution in [0.5, 0.6) is 0 Å². The number of nitrogens with zero attached hydrogens (tertiary/aromatic N) is 1. The van der Waals surface area contributed by atoms with Crippen molar-refractivity contribution in [1.82, 2.24) is 4.98 Å². The molecule has 1 heterocycles. The van der Waals surface area contributed by atoms with Gasteiger partial charge in [0.25, 0.3) is 5.91 Å². The van der Waals surface area contributed by atoms with Crippen LogP contribution in [0.3, 0.4) is 0 Å². The lowest BCUT2D eigenvalue weighted by Gasteiger charge is -2.07. The van der Waals surface area contributed by atoms with E-state index in [0.29, 0.717) is 12.1 Å². The van der Waals surface area contributed by atoms with Gasteiger partial charge in [-0.2, -0.15) is 0 Å². The molecule has 0 saturated heterocycles. The molecule has 1 aromatic heterocycles. The molecule has 2 rings (SSSR count). The molecule has 0 fully saturated rings. The van der Waals surface area contributed by atoms with Crippen LogP contribution in [-0.4, -0.2) is 10.9 Å². The third kappa shape index (κ3) is 2.53. The average Bonchev–Trinajstić information content (AvgIpc) is 2.39. The van der Waals surface area contributed by atoms with Gasteiger partial charge in [0.15, 0.2) is 29.1 Å². The van der Waals surface area contributed by atoms with Gasteiger partial charge in [-0.3, -0.25) is 4.79 Å². The van der Waals surface area contributed by atoms with E-state index in [0.717, 1.165) is 12.3 Å². The van der Waals surface area contributed by atoms with Gasteiger partial charge in [0.05, 0.1) is 5.56 Å². The van der Waals surface area contributed by atoms with Crippen LogP contribution in [-0.2, 0) is 0 Å². The molecule has 0 saturated carbocycles. The average molecular weight is 285 g/mol. The summed E-state index contributed by atoms with van der Waals surface area (Å²) in [5, 5.41) is 2.03. The second-order valence-corrected chi connectivity index (χ2v) is 3.77. The van der Waals surface area contributed by atoms with E-state index in [2.05, 4.69) is 4.98 Å². The number of pyridine rings is 1. The maximum Gasteiger partial charge on any atom is 0.258 e. The van der Waals surface area contributed by atoms with Crippen LogP contribution in [0, 0.1) is 23.3 Å². The van der Waals surface area contributed by atoms with E-state index in [-0.39, 0.29) is 5.69 Å². The summed E-state index contributed by atoms with van der Waals surface area (Å²) in [7, 11) is 0. The number of nitrogens with one attached hydrogen (secondary N) is 1. The largest absolute Gasteiger partial charge is 0.381 e. The Balaban J connectivity index is 2.30. The van der Waals surface area contributed by atoms with Gasteiger partial charge in [0.1, 0.15) is 0 Å². The number of rotatable bonds is 2. The van der Waals surface area contributed by atoms with Gasteiger partial charge in [0.2, 0.25) is 0 Å². The molecule has 2 aromatic rings. The Kier molecular flexibility index (Phi) is 3.55. The summed E-state index contributed by atoms with van der Waals surface area (Å²) in [6.07, 6.45) is 1.10. The molecule has 0 aliphatic rings. The first-order valence-corrected chi connectivity index (χ1v) is 5.26. The van der Waals surface area contributed by atoms with Crippen LogP contribution in [0.2, 0.25) is 0 Å². The lowest BCUT2D eigenvalue weighted by molar-refractivity contribution is 0.102. The molecule has 104 valence electrons. The van der Waals surface area contributed by atoms with Gasteiger partial charge in [0, 0.05) is 24.0 Å². The van der Waals surface area contributed by atoms with Gasteiger partial charge in [-0.25, -0.2) is 22.5 Å². The van der Waals surface area contributed by atoms with E-state index < -0.39 is 40.6 Å². The fraction of sp³-hybridized carbons (Fsp3) is 0. The minimum atomic E-state index is -1.66. The molecular weight excluding hydrogens is 278 g/mol. The van der Waals surface area contributed by atoms with E-state index in [1.54, 1.807) is 0 Å². The highest BCUT2D eigenvalue weighted by Crippen LogP contribution is 2.19. The zero-order valence-corrected chi connectivity index (χ0v) is 9.75. The SMILES string of the molecule is Nc1nccc(C(=O)Nc2cc(F)c(F)c(F)c2)c1F. The van der Waals surface area contributed by atoms with Crippen molar-refractivity contribution in [1.29, 1.82) is 0 Å². The first kappa shape index (κ1) is 13.8. The molecule has 0 aliphatic carbocycles. The molecule has 0 spiro atoms. The maximum absolute atomic E-state index is 13.5. The van der Waals surface area contributed by atoms with Crippen molar-refractivity contribution in [2.24, 2.45) is 0 Å². The van der Waals surface area contributed by atoms with Crippen LogP contribution < -0.4 is 11.1 Å². The highest BCUT2D eigenvalue weighted by molar-refractivity contribution is 6.04. The Labute approximate surface area is 110 Å².